The number of nitrogens with zero attached hydrogens (tertiary/aromatic N) is 1. The Labute approximate surface area is 139 Å². The molecule has 1 aliphatic rings. The normalized spacial score (nSPS) is 14.2. The van der Waals surface area contributed by atoms with Crippen LogP contribution in [0.15, 0.2) is 35.1 Å². The fourth-order valence-corrected chi connectivity index (χ4v) is 2.98. The first-order valence-electron chi connectivity index (χ1n) is 7.99. The van der Waals surface area contributed by atoms with E-state index in [1.54, 1.807) is 0 Å². The molecule has 0 bridgehead atoms. The number of rotatable bonds is 5. The first-order chi connectivity index (χ1) is 11.6. The number of carboxylic acid groups (broad SMARTS) is 1. The van der Waals surface area contributed by atoms with E-state index in [2.05, 4.69) is 9.88 Å². The molecule has 0 fully saturated rings. The maximum atomic E-state index is 11.7. The SMILES string of the molecule is CCOc1ccc(CN2CCc3[nH]c(=O)c(C(=O)O)cc3C2)cc1. The zero-order chi connectivity index (χ0) is 17.1. The van der Waals surface area contributed by atoms with E-state index in [0.29, 0.717) is 19.6 Å². The van der Waals surface area contributed by atoms with Gasteiger partial charge in [0.25, 0.3) is 5.56 Å². The molecule has 24 heavy (non-hydrogen) atoms. The van der Waals surface area contributed by atoms with E-state index in [0.717, 1.165) is 30.1 Å². The third kappa shape index (κ3) is 3.49. The second-order valence-electron chi connectivity index (χ2n) is 5.86. The molecule has 1 aromatic heterocycles. The monoisotopic (exact) mass is 328 g/mol. The largest absolute Gasteiger partial charge is 0.494 e. The third-order valence-electron chi connectivity index (χ3n) is 4.16. The van der Waals surface area contributed by atoms with Gasteiger partial charge in [0, 0.05) is 31.7 Å². The highest BCUT2D eigenvalue weighted by Gasteiger charge is 2.20. The Morgan fingerprint density at radius 1 is 1.33 bits per heavy atom. The number of benzene rings is 1. The Hall–Kier alpha value is -2.60. The number of ether oxygens (including phenoxy) is 1. The molecule has 126 valence electrons. The number of carboxylic acids is 1. The van der Waals surface area contributed by atoms with Crippen LogP contribution in [0, 0.1) is 0 Å². The highest BCUT2D eigenvalue weighted by molar-refractivity contribution is 5.87. The summed E-state index contributed by atoms with van der Waals surface area (Å²) in [6.45, 7) is 4.82. The van der Waals surface area contributed by atoms with Crippen molar-refractivity contribution in [2.45, 2.75) is 26.4 Å². The number of aromatic nitrogens is 1. The van der Waals surface area contributed by atoms with Crippen LogP contribution in [0.25, 0.3) is 0 Å². The standard InChI is InChI=1S/C18H20N2O4/c1-2-24-14-5-3-12(4-6-14)10-20-8-7-16-13(11-20)9-15(18(22)23)17(21)19-16/h3-6,9H,2,7-8,10-11H2,1H3,(H,19,21)(H,22,23). The Morgan fingerprint density at radius 2 is 2.08 bits per heavy atom. The lowest BCUT2D eigenvalue weighted by Crippen LogP contribution is -2.33. The van der Waals surface area contributed by atoms with E-state index in [1.165, 1.54) is 11.6 Å². The molecule has 0 saturated carbocycles. The maximum Gasteiger partial charge on any atom is 0.341 e. The number of fused-ring (bicyclic) bond motifs is 1. The van der Waals surface area contributed by atoms with Crippen LogP contribution in [0.2, 0.25) is 0 Å². The van der Waals surface area contributed by atoms with Crippen molar-refractivity contribution in [3.63, 3.8) is 0 Å². The predicted molar refractivity (Wildman–Crippen MR) is 89.5 cm³/mol. The van der Waals surface area contributed by atoms with Crippen LogP contribution in [-0.2, 0) is 19.5 Å². The lowest BCUT2D eigenvalue weighted by Gasteiger charge is -2.28. The number of nitrogens with one attached hydrogen (secondary N) is 1. The van der Waals surface area contributed by atoms with Gasteiger partial charge in [-0.05, 0) is 36.2 Å². The highest BCUT2D eigenvalue weighted by Crippen LogP contribution is 2.20. The van der Waals surface area contributed by atoms with Gasteiger partial charge in [0.2, 0.25) is 0 Å². The second kappa shape index (κ2) is 6.88. The summed E-state index contributed by atoms with van der Waals surface area (Å²) < 4.78 is 5.44. The fourth-order valence-electron chi connectivity index (χ4n) is 2.98. The van der Waals surface area contributed by atoms with Crippen molar-refractivity contribution < 1.29 is 14.6 Å². The number of aromatic carboxylic acids is 1. The van der Waals surface area contributed by atoms with E-state index < -0.39 is 11.5 Å². The quantitative estimate of drug-likeness (QED) is 0.877. The molecular formula is C18H20N2O4. The second-order valence-corrected chi connectivity index (χ2v) is 5.86. The summed E-state index contributed by atoms with van der Waals surface area (Å²) in [4.78, 5) is 27.8. The van der Waals surface area contributed by atoms with Crippen LogP contribution < -0.4 is 10.3 Å². The van der Waals surface area contributed by atoms with Crippen LogP contribution in [-0.4, -0.2) is 34.1 Å². The lowest BCUT2D eigenvalue weighted by atomic mass is 10.0. The molecule has 0 unspecified atom stereocenters. The topological polar surface area (TPSA) is 82.6 Å². The predicted octanol–water partition coefficient (Wildman–Crippen LogP) is 2.03. The smallest absolute Gasteiger partial charge is 0.341 e. The Bertz CT molecular complexity index is 796. The zero-order valence-corrected chi connectivity index (χ0v) is 13.5. The number of carbonyl (C=O) groups is 1. The molecule has 0 amide bonds. The van der Waals surface area contributed by atoms with Gasteiger partial charge in [-0.15, -0.1) is 0 Å². The maximum absolute atomic E-state index is 11.7. The molecule has 1 aromatic carbocycles. The van der Waals surface area contributed by atoms with Crippen molar-refractivity contribution in [2.75, 3.05) is 13.2 Å². The molecule has 6 nitrogen and oxygen atoms in total. The first kappa shape index (κ1) is 16.3. The molecule has 0 saturated heterocycles. The molecule has 1 aliphatic heterocycles. The highest BCUT2D eigenvalue weighted by atomic mass is 16.5. The van der Waals surface area contributed by atoms with Crippen LogP contribution in [0.3, 0.4) is 0 Å². The van der Waals surface area contributed by atoms with Gasteiger partial charge in [0.1, 0.15) is 11.3 Å². The summed E-state index contributed by atoms with van der Waals surface area (Å²) in [6.07, 6.45) is 0.710. The number of pyridine rings is 1. The minimum absolute atomic E-state index is 0.198. The summed E-state index contributed by atoms with van der Waals surface area (Å²) in [6, 6.07) is 9.49. The van der Waals surface area contributed by atoms with Crippen LogP contribution in [0.4, 0.5) is 0 Å². The summed E-state index contributed by atoms with van der Waals surface area (Å²) >= 11 is 0. The van der Waals surface area contributed by atoms with E-state index in [-0.39, 0.29) is 5.56 Å². The van der Waals surface area contributed by atoms with Crippen molar-refractivity contribution in [1.82, 2.24) is 9.88 Å². The van der Waals surface area contributed by atoms with Crippen molar-refractivity contribution >= 4 is 5.97 Å². The van der Waals surface area contributed by atoms with Gasteiger partial charge in [-0.2, -0.15) is 0 Å². The summed E-state index contributed by atoms with van der Waals surface area (Å²) in [5.74, 6) is -0.336. The van der Waals surface area contributed by atoms with E-state index in [1.807, 2.05) is 31.2 Å². The summed E-state index contributed by atoms with van der Waals surface area (Å²) in [7, 11) is 0. The number of hydrogen-bond donors (Lipinski definition) is 2. The first-order valence-corrected chi connectivity index (χ1v) is 7.99. The van der Waals surface area contributed by atoms with Crippen LogP contribution in [0.5, 0.6) is 5.75 Å². The van der Waals surface area contributed by atoms with Gasteiger partial charge in [0.15, 0.2) is 0 Å². The molecule has 2 heterocycles. The Morgan fingerprint density at radius 3 is 2.75 bits per heavy atom. The number of hydrogen-bond acceptors (Lipinski definition) is 4. The van der Waals surface area contributed by atoms with Crippen molar-refractivity contribution in [1.29, 1.82) is 0 Å². The van der Waals surface area contributed by atoms with Gasteiger partial charge < -0.3 is 14.8 Å². The zero-order valence-electron chi connectivity index (χ0n) is 13.5. The minimum Gasteiger partial charge on any atom is -0.494 e. The molecule has 3 rings (SSSR count). The van der Waals surface area contributed by atoms with Gasteiger partial charge in [0.05, 0.1) is 6.61 Å². The van der Waals surface area contributed by atoms with Gasteiger partial charge in [-0.3, -0.25) is 9.69 Å². The molecule has 0 radical (unpaired) electrons. The fraction of sp³-hybridized carbons (Fsp3) is 0.333. The molecule has 2 N–H and O–H groups in total. The third-order valence-corrected chi connectivity index (χ3v) is 4.16. The molecule has 0 atom stereocenters. The van der Waals surface area contributed by atoms with Crippen LogP contribution in [0.1, 0.15) is 34.1 Å². The molecule has 0 spiro atoms. The van der Waals surface area contributed by atoms with Crippen LogP contribution >= 0.6 is 0 Å². The summed E-state index contributed by atoms with van der Waals surface area (Å²) in [5.41, 5.74) is 2.17. The molecule has 0 aliphatic carbocycles. The Balaban J connectivity index is 1.73. The average molecular weight is 328 g/mol. The van der Waals surface area contributed by atoms with E-state index in [4.69, 9.17) is 9.84 Å². The van der Waals surface area contributed by atoms with E-state index >= 15 is 0 Å². The lowest BCUT2D eigenvalue weighted by molar-refractivity contribution is 0.0694. The van der Waals surface area contributed by atoms with Crippen molar-refractivity contribution in [3.8, 4) is 5.75 Å². The number of aromatic amines is 1. The van der Waals surface area contributed by atoms with E-state index in [9.17, 15) is 9.59 Å². The average Bonchev–Trinajstić information content (AvgIpc) is 2.56. The summed E-state index contributed by atoms with van der Waals surface area (Å²) in [5, 5.41) is 9.09. The van der Waals surface area contributed by atoms with Gasteiger partial charge in [-0.1, -0.05) is 12.1 Å². The van der Waals surface area contributed by atoms with Gasteiger partial charge >= 0.3 is 5.97 Å². The minimum atomic E-state index is -1.19. The number of H-pyrrole nitrogens is 1. The molecule has 6 heteroatoms. The molecule has 2 aromatic rings. The van der Waals surface area contributed by atoms with Crippen molar-refractivity contribution in [2.24, 2.45) is 0 Å². The van der Waals surface area contributed by atoms with Crippen molar-refractivity contribution in [3.05, 3.63) is 63.1 Å². The molecular weight excluding hydrogens is 308 g/mol. The van der Waals surface area contributed by atoms with Gasteiger partial charge in [-0.25, -0.2) is 4.79 Å². The Kier molecular flexibility index (Phi) is 4.66.